The zero-order chi connectivity index (χ0) is 24.4. The van der Waals surface area contributed by atoms with E-state index in [2.05, 4.69) is 4.90 Å². The van der Waals surface area contributed by atoms with Crippen molar-refractivity contribution in [3.8, 4) is 21.9 Å². The number of aromatic nitrogens is 1. The maximum atomic E-state index is 13.0. The zero-order valence-electron chi connectivity index (χ0n) is 20.2. The topological polar surface area (TPSA) is 93.4 Å². The fraction of sp³-hybridized carbons (Fsp3) is 0.440. The quantitative estimate of drug-likeness (QED) is 0.589. The monoisotopic (exact) mass is 497 g/mol. The maximum Gasteiger partial charge on any atom is 0.320 e. The number of methoxy groups -OCH3 is 2. The summed E-state index contributed by atoms with van der Waals surface area (Å²) < 4.78 is 16.8. The minimum absolute atomic E-state index is 0.0959. The molecular weight excluding hydrogens is 466 g/mol. The van der Waals surface area contributed by atoms with Crippen molar-refractivity contribution in [1.29, 1.82) is 0 Å². The van der Waals surface area contributed by atoms with Gasteiger partial charge in [-0.05, 0) is 17.9 Å². The largest absolute Gasteiger partial charge is 0.493 e. The molecule has 186 valence electrons. The molecule has 0 spiro atoms. The molecule has 3 aromatic rings. The molecule has 2 amide bonds. The Morgan fingerprint density at radius 2 is 1.86 bits per heavy atom. The van der Waals surface area contributed by atoms with Crippen molar-refractivity contribution < 1.29 is 19.0 Å². The molecule has 9 nitrogen and oxygen atoms in total. The standard InChI is InChI=1S/C25H31N5O4S/c1-32-19-16-18-22(23(24(19)33-2)20-5-3-14-35-20)17(26)15-21(27-18)28-6-4-7-29(9-8-28)25(31)30-10-12-34-13-11-30/h3,5,14-16H,4,6-13H2,1-2H3,(H2,26,27). The predicted octanol–water partition coefficient (Wildman–Crippen LogP) is 3.53. The van der Waals surface area contributed by atoms with E-state index in [1.807, 2.05) is 39.4 Å². The number of nitrogens with two attached hydrogens (primary N) is 1. The number of hydrogen-bond acceptors (Lipinski definition) is 8. The second-order valence-corrected chi connectivity index (χ2v) is 9.59. The summed E-state index contributed by atoms with van der Waals surface area (Å²) in [6, 6.07) is 7.97. The molecular formula is C25H31N5O4S. The van der Waals surface area contributed by atoms with Gasteiger partial charge in [0.15, 0.2) is 11.5 Å². The van der Waals surface area contributed by atoms with Crippen molar-refractivity contribution >= 4 is 39.8 Å². The highest BCUT2D eigenvalue weighted by atomic mass is 32.1. The van der Waals surface area contributed by atoms with Crippen LogP contribution >= 0.6 is 11.3 Å². The van der Waals surface area contributed by atoms with Crippen molar-refractivity contribution in [2.45, 2.75) is 6.42 Å². The number of amides is 2. The number of hydrogen-bond donors (Lipinski definition) is 1. The molecule has 4 heterocycles. The highest BCUT2D eigenvalue weighted by molar-refractivity contribution is 7.13. The van der Waals surface area contributed by atoms with Gasteiger partial charge in [-0.3, -0.25) is 0 Å². The molecule has 0 atom stereocenters. The number of benzene rings is 1. The summed E-state index contributed by atoms with van der Waals surface area (Å²) in [6.45, 7) is 5.38. The minimum atomic E-state index is 0.0959. The summed E-state index contributed by atoms with van der Waals surface area (Å²) in [4.78, 5) is 25.1. The van der Waals surface area contributed by atoms with Gasteiger partial charge in [0.2, 0.25) is 0 Å². The summed E-state index contributed by atoms with van der Waals surface area (Å²) in [6.07, 6.45) is 0.863. The first kappa shape index (κ1) is 23.5. The number of anilines is 2. The Bertz CT molecular complexity index is 1200. The van der Waals surface area contributed by atoms with Crippen molar-refractivity contribution in [3.05, 3.63) is 29.6 Å². The van der Waals surface area contributed by atoms with Crippen molar-refractivity contribution in [2.24, 2.45) is 0 Å². The number of pyridine rings is 1. The van der Waals surface area contributed by atoms with Crippen LogP contribution in [0.5, 0.6) is 11.5 Å². The molecule has 0 bridgehead atoms. The number of thiophene rings is 1. The first-order chi connectivity index (χ1) is 17.1. The van der Waals surface area contributed by atoms with Gasteiger partial charge in [-0.15, -0.1) is 11.3 Å². The normalized spacial score (nSPS) is 16.9. The highest BCUT2D eigenvalue weighted by Gasteiger charge is 2.26. The number of carbonyl (C=O) groups excluding carboxylic acids is 1. The van der Waals surface area contributed by atoms with Crippen LogP contribution in [-0.2, 0) is 4.74 Å². The molecule has 1 aromatic carbocycles. The lowest BCUT2D eigenvalue weighted by atomic mass is 10.0. The minimum Gasteiger partial charge on any atom is -0.493 e. The van der Waals surface area contributed by atoms with Crippen LogP contribution in [0.15, 0.2) is 29.6 Å². The van der Waals surface area contributed by atoms with E-state index in [-0.39, 0.29) is 6.03 Å². The van der Waals surface area contributed by atoms with Gasteiger partial charge in [0.1, 0.15) is 5.82 Å². The fourth-order valence-corrected chi connectivity index (χ4v) is 5.61. The van der Waals surface area contributed by atoms with Crippen molar-refractivity contribution in [3.63, 3.8) is 0 Å². The summed E-state index contributed by atoms with van der Waals surface area (Å²) in [7, 11) is 3.27. The van der Waals surface area contributed by atoms with Crippen LogP contribution in [0, 0.1) is 0 Å². The summed E-state index contributed by atoms with van der Waals surface area (Å²) in [5.74, 6) is 2.07. The molecule has 2 saturated heterocycles. The fourth-order valence-electron chi connectivity index (χ4n) is 4.84. The van der Waals surface area contributed by atoms with Gasteiger partial charge in [0.05, 0.1) is 33.0 Å². The first-order valence-electron chi connectivity index (χ1n) is 11.9. The Morgan fingerprint density at radius 3 is 2.57 bits per heavy atom. The van der Waals surface area contributed by atoms with Gasteiger partial charge in [-0.25, -0.2) is 9.78 Å². The Labute approximate surface area is 209 Å². The third kappa shape index (κ3) is 4.55. The Balaban J connectivity index is 1.46. The van der Waals surface area contributed by atoms with Crippen LogP contribution in [0.2, 0.25) is 0 Å². The van der Waals surface area contributed by atoms with Crippen LogP contribution in [0.25, 0.3) is 21.3 Å². The number of nitrogen functional groups attached to an aromatic ring is 1. The maximum absolute atomic E-state index is 13.0. The van der Waals surface area contributed by atoms with Crippen LogP contribution < -0.4 is 20.1 Å². The first-order valence-corrected chi connectivity index (χ1v) is 12.7. The predicted molar refractivity (Wildman–Crippen MR) is 139 cm³/mol. The molecule has 0 aliphatic carbocycles. The Kier molecular flexibility index (Phi) is 6.83. The molecule has 35 heavy (non-hydrogen) atoms. The molecule has 10 heteroatoms. The molecule has 0 radical (unpaired) electrons. The number of urea groups is 1. The average Bonchev–Trinajstić information content (AvgIpc) is 3.31. The lowest BCUT2D eigenvalue weighted by molar-refractivity contribution is 0.0438. The summed E-state index contributed by atoms with van der Waals surface area (Å²) in [5, 5.41) is 2.88. The van der Waals surface area contributed by atoms with E-state index in [9.17, 15) is 4.79 Å². The van der Waals surface area contributed by atoms with E-state index in [1.165, 1.54) is 0 Å². The van der Waals surface area contributed by atoms with Gasteiger partial charge in [0, 0.05) is 72.9 Å². The zero-order valence-corrected chi connectivity index (χ0v) is 21.0. The van der Waals surface area contributed by atoms with Crippen molar-refractivity contribution in [2.75, 3.05) is 77.3 Å². The van der Waals surface area contributed by atoms with Crippen LogP contribution in [0.4, 0.5) is 16.3 Å². The number of morpholine rings is 1. The number of ether oxygens (including phenoxy) is 3. The van der Waals surface area contributed by atoms with E-state index in [0.29, 0.717) is 56.6 Å². The molecule has 2 N–H and O–H groups in total. The molecule has 0 unspecified atom stereocenters. The second-order valence-electron chi connectivity index (χ2n) is 8.64. The third-order valence-electron chi connectivity index (χ3n) is 6.60. The average molecular weight is 498 g/mol. The van der Waals surface area contributed by atoms with Gasteiger partial charge in [-0.2, -0.15) is 0 Å². The summed E-state index contributed by atoms with van der Waals surface area (Å²) in [5.41, 5.74) is 8.95. The van der Waals surface area contributed by atoms with Gasteiger partial charge >= 0.3 is 6.03 Å². The SMILES string of the molecule is COc1cc2nc(N3CCCN(C(=O)N4CCOCC4)CC3)cc(N)c2c(-c2cccs2)c1OC. The van der Waals surface area contributed by atoms with Crippen LogP contribution in [0.3, 0.4) is 0 Å². The lowest BCUT2D eigenvalue weighted by Gasteiger charge is -2.32. The van der Waals surface area contributed by atoms with E-state index in [0.717, 1.165) is 46.7 Å². The molecule has 0 saturated carbocycles. The number of nitrogens with zero attached hydrogens (tertiary/aromatic N) is 4. The highest BCUT2D eigenvalue weighted by Crippen LogP contribution is 2.47. The van der Waals surface area contributed by atoms with Gasteiger partial charge < -0.3 is 34.6 Å². The Hall–Kier alpha value is -3.24. The second kappa shape index (κ2) is 10.2. The lowest BCUT2D eigenvalue weighted by Crippen LogP contribution is -2.49. The molecule has 2 aromatic heterocycles. The molecule has 2 aliphatic rings. The number of carbonyl (C=O) groups is 1. The van der Waals surface area contributed by atoms with E-state index in [4.69, 9.17) is 24.9 Å². The Morgan fingerprint density at radius 1 is 1.06 bits per heavy atom. The summed E-state index contributed by atoms with van der Waals surface area (Å²) >= 11 is 1.62. The van der Waals surface area contributed by atoms with Crippen LogP contribution in [-0.4, -0.2) is 87.5 Å². The van der Waals surface area contributed by atoms with Crippen molar-refractivity contribution in [1.82, 2.24) is 14.8 Å². The van der Waals surface area contributed by atoms with E-state index in [1.54, 1.807) is 25.6 Å². The number of rotatable bonds is 4. The van der Waals surface area contributed by atoms with Gasteiger partial charge in [-0.1, -0.05) is 6.07 Å². The van der Waals surface area contributed by atoms with Gasteiger partial charge in [0.25, 0.3) is 0 Å². The molecule has 5 rings (SSSR count). The smallest absolute Gasteiger partial charge is 0.320 e. The van der Waals surface area contributed by atoms with E-state index >= 15 is 0 Å². The third-order valence-corrected chi connectivity index (χ3v) is 7.48. The van der Waals surface area contributed by atoms with Crippen LogP contribution in [0.1, 0.15) is 6.42 Å². The number of fused-ring (bicyclic) bond motifs is 1. The van der Waals surface area contributed by atoms with E-state index < -0.39 is 0 Å². The molecule has 2 aliphatic heterocycles. The molecule has 2 fully saturated rings.